The summed E-state index contributed by atoms with van der Waals surface area (Å²) in [4.78, 5) is 3.70. The Hall–Kier alpha value is -0.800. The first-order valence-corrected chi connectivity index (χ1v) is 6.00. The number of allylic oxidation sites excluding steroid dienone is 3. The highest BCUT2D eigenvalue weighted by atomic mass is 35.5. The third-order valence-electron chi connectivity index (χ3n) is 2.63. The molecule has 0 saturated carbocycles. The molecular weight excluding hydrogens is 222 g/mol. The molecule has 0 unspecified atom stereocenters. The van der Waals surface area contributed by atoms with Crippen molar-refractivity contribution in [3.05, 3.63) is 22.5 Å². The highest BCUT2D eigenvalue weighted by molar-refractivity contribution is 6.30. The zero-order valence-corrected chi connectivity index (χ0v) is 10.8. The molecule has 0 aliphatic carbocycles. The fourth-order valence-electron chi connectivity index (χ4n) is 1.85. The van der Waals surface area contributed by atoms with Crippen LogP contribution in [0.25, 0.3) is 0 Å². The van der Waals surface area contributed by atoms with Gasteiger partial charge >= 0.3 is 0 Å². The van der Waals surface area contributed by atoms with E-state index in [1.54, 1.807) is 0 Å². The van der Waals surface area contributed by atoms with Crippen molar-refractivity contribution in [3.8, 4) is 0 Å². The van der Waals surface area contributed by atoms with Gasteiger partial charge in [0.05, 0.1) is 0 Å². The highest BCUT2D eigenvalue weighted by Gasteiger charge is 2.11. The predicted octanol–water partition coefficient (Wildman–Crippen LogP) is 2.40. The van der Waals surface area contributed by atoms with Crippen LogP contribution in [-0.2, 0) is 0 Å². The first-order valence-electron chi connectivity index (χ1n) is 5.62. The topological polar surface area (TPSA) is 36.4 Å². The summed E-state index contributed by atoms with van der Waals surface area (Å²) in [5.41, 5.74) is 2.05. The maximum absolute atomic E-state index is 5.87. The molecule has 0 radical (unpaired) electrons. The number of rotatable bonds is 4. The van der Waals surface area contributed by atoms with Gasteiger partial charge in [-0.3, -0.25) is 4.99 Å². The summed E-state index contributed by atoms with van der Waals surface area (Å²) in [5, 5.41) is 7.30. The summed E-state index contributed by atoms with van der Waals surface area (Å²) < 4.78 is 0. The minimum atomic E-state index is 0.461. The minimum absolute atomic E-state index is 0.461. The lowest BCUT2D eigenvalue weighted by molar-refractivity contribution is 0.414. The summed E-state index contributed by atoms with van der Waals surface area (Å²) in [6.07, 6.45) is 4.45. The van der Waals surface area contributed by atoms with Crippen LogP contribution in [0.2, 0.25) is 0 Å². The van der Waals surface area contributed by atoms with Gasteiger partial charge in [0, 0.05) is 18.3 Å². The molecule has 16 heavy (non-hydrogen) atoms. The highest BCUT2D eigenvalue weighted by Crippen LogP contribution is 2.13. The van der Waals surface area contributed by atoms with E-state index in [9.17, 15) is 0 Å². The molecular formula is C12H20ClN3. The van der Waals surface area contributed by atoms with Crippen LogP contribution in [0.15, 0.2) is 27.5 Å². The van der Waals surface area contributed by atoms with E-state index in [1.165, 1.54) is 12.8 Å². The Morgan fingerprint density at radius 1 is 1.56 bits per heavy atom. The summed E-state index contributed by atoms with van der Waals surface area (Å²) in [7, 11) is 0. The standard InChI is InChI=1S/C12H20ClN3/c1-9(12(13)14-3)7-10(2)16-11-5-4-6-15-8-11/h7,11,15-16H,3-6,8H2,1-2H3/b10-7+,12-9-/t11-/m1/s1. The minimum Gasteiger partial charge on any atom is -0.385 e. The Balaban J connectivity index is 2.53. The van der Waals surface area contributed by atoms with Gasteiger partial charge in [-0.2, -0.15) is 0 Å². The summed E-state index contributed by atoms with van der Waals surface area (Å²) in [6, 6.07) is 0.522. The average Bonchev–Trinajstić information content (AvgIpc) is 2.29. The molecule has 0 aromatic carbocycles. The van der Waals surface area contributed by atoms with Crippen molar-refractivity contribution in [1.82, 2.24) is 10.6 Å². The lowest BCUT2D eigenvalue weighted by atomic mass is 10.1. The zero-order chi connectivity index (χ0) is 12.0. The normalized spacial score (nSPS) is 23.7. The number of hydrogen-bond donors (Lipinski definition) is 2. The van der Waals surface area contributed by atoms with Gasteiger partial charge in [-0.1, -0.05) is 11.6 Å². The molecule has 0 aromatic rings. The predicted molar refractivity (Wildman–Crippen MR) is 70.9 cm³/mol. The monoisotopic (exact) mass is 241 g/mol. The number of aliphatic imine (C=N–C) groups is 1. The van der Waals surface area contributed by atoms with E-state index in [0.717, 1.165) is 24.4 Å². The molecule has 4 heteroatoms. The van der Waals surface area contributed by atoms with E-state index in [-0.39, 0.29) is 0 Å². The number of nitrogens with one attached hydrogen (secondary N) is 2. The van der Waals surface area contributed by atoms with Gasteiger partial charge in [0.15, 0.2) is 0 Å². The average molecular weight is 242 g/mol. The first kappa shape index (κ1) is 13.3. The molecule has 1 rings (SSSR count). The Morgan fingerprint density at radius 2 is 2.31 bits per heavy atom. The molecule has 1 heterocycles. The molecule has 3 nitrogen and oxygen atoms in total. The Bertz CT molecular complexity index is 301. The Morgan fingerprint density at radius 3 is 2.88 bits per heavy atom. The molecule has 90 valence electrons. The number of halogens is 1. The molecule has 1 aliphatic heterocycles. The molecule has 1 aliphatic rings. The zero-order valence-electron chi connectivity index (χ0n) is 10.0. The van der Waals surface area contributed by atoms with E-state index in [2.05, 4.69) is 22.3 Å². The van der Waals surface area contributed by atoms with Crippen LogP contribution in [0.5, 0.6) is 0 Å². The molecule has 0 bridgehead atoms. The van der Waals surface area contributed by atoms with Gasteiger partial charge in [-0.25, -0.2) is 0 Å². The van der Waals surface area contributed by atoms with Crippen molar-refractivity contribution in [3.63, 3.8) is 0 Å². The number of hydrogen-bond acceptors (Lipinski definition) is 3. The van der Waals surface area contributed by atoms with Crippen LogP contribution >= 0.6 is 11.6 Å². The van der Waals surface area contributed by atoms with Gasteiger partial charge in [0.2, 0.25) is 0 Å². The third-order valence-corrected chi connectivity index (χ3v) is 3.04. The van der Waals surface area contributed by atoms with Crippen LogP contribution in [0.1, 0.15) is 26.7 Å². The van der Waals surface area contributed by atoms with Crippen molar-refractivity contribution in [1.29, 1.82) is 0 Å². The lowest BCUT2D eigenvalue weighted by Crippen LogP contribution is -2.42. The molecule has 1 saturated heterocycles. The summed E-state index contributed by atoms with van der Waals surface area (Å²) in [6.45, 7) is 9.54. The molecule has 0 spiro atoms. The number of nitrogens with zero attached hydrogens (tertiary/aromatic N) is 1. The van der Waals surface area contributed by atoms with Crippen LogP contribution in [-0.4, -0.2) is 25.8 Å². The second-order valence-corrected chi connectivity index (χ2v) is 4.50. The van der Waals surface area contributed by atoms with E-state index < -0.39 is 0 Å². The maximum Gasteiger partial charge on any atom is 0.131 e. The Kier molecular flexibility index (Phi) is 5.56. The van der Waals surface area contributed by atoms with Crippen LogP contribution in [0.4, 0.5) is 0 Å². The van der Waals surface area contributed by atoms with Gasteiger partial charge in [0.25, 0.3) is 0 Å². The smallest absolute Gasteiger partial charge is 0.131 e. The van der Waals surface area contributed by atoms with Crippen molar-refractivity contribution in [2.45, 2.75) is 32.7 Å². The van der Waals surface area contributed by atoms with Gasteiger partial charge in [-0.15, -0.1) is 0 Å². The van der Waals surface area contributed by atoms with E-state index in [4.69, 9.17) is 11.6 Å². The summed E-state index contributed by atoms with van der Waals surface area (Å²) >= 11 is 5.87. The second kappa shape index (κ2) is 6.71. The summed E-state index contributed by atoms with van der Waals surface area (Å²) in [5.74, 6) is 0. The van der Waals surface area contributed by atoms with E-state index >= 15 is 0 Å². The largest absolute Gasteiger partial charge is 0.385 e. The molecule has 0 amide bonds. The first-order chi connectivity index (χ1) is 7.63. The molecule has 2 N–H and O–H groups in total. The fourth-order valence-corrected chi connectivity index (χ4v) is 1.90. The van der Waals surface area contributed by atoms with Gasteiger partial charge in [0.1, 0.15) is 5.16 Å². The molecule has 1 atom stereocenters. The van der Waals surface area contributed by atoms with Gasteiger partial charge < -0.3 is 10.6 Å². The molecule has 1 fully saturated rings. The second-order valence-electron chi connectivity index (χ2n) is 4.15. The van der Waals surface area contributed by atoms with Crippen molar-refractivity contribution >= 4 is 18.3 Å². The van der Waals surface area contributed by atoms with Crippen LogP contribution < -0.4 is 10.6 Å². The maximum atomic E-state index is 5.87. The third kappa shape index (κ3) is 4.37. The fraction of sp³-hybridized carbons (Fsp3) is 0.583. The van der Waals surface area contributed by atoms with Crippen molar-refractivity contribution in [2.75, 3.05) is 13.1 Å². The SMILES string of the molecule is C=N/C(Cl)=C(C)\C=C(/C)N[C@@H]1CCCNC1. The van der Waals surface area contributed by atoms with E-state index in [0.29, 0.717) is 11.2 Å². The van der Waals surface area contributed by atoms with Gasteiger partial charge in [-0.05, 0) is 51.6 Å². The Labute approximate surface area is 103 Å². The lowest BCUT2D eigenvalue weighted by Gasteiger charge is -2.25. The van der Waals surface area contributed by atoms with E-state index in [1.807, 2.05) is 19.9 Å². The van der Waals surface area contributed by atoms with Crippen molar-refractivity contribution in [2.24, 2.45) is 4.99 Å². The van der Waals surface area contributed by atoms with Crippen molar-refractivity contribution < 1.29 is 0 Å². The van der Waals surface area contributed by atoms with Crippen LogP contribution in [0.3, 0.4) is 0 Å². The number of piperidine rings is 1. The quantitative estimate of drug-likeness (QED) is 0.451. The molecule has 0 aromatic heterocycles. The van der Waals surface area contributed by atoms with Crippen LogP contribution in [0, 0.1) is 0 Å².